The minimum absolute atomic E-state index is 0.0129. The molecule has 1 aliphatic carbocycles. The number of rotatable bonds is 5. The first kappa shape index (κ1) is 26.7. The van der Waals surface area contributed by atoms with E-state index in [-0.39, 0.29) is 35.1 Å². The van der Waals surface area contributed by atoms with Gasteiger partial charge in [-0.15, -0.1) is 0 Å². The Bertz CT molecular complexity index is 1200. The molecule has 1 aliphatic heterocycles. The summed E-state index contributed by atoms with van der Waals surface area (Å²) in [6.07, 6.45) is 8.40. The van der Waals surface area contributed by atoms with Crippen LogP contribution in [0.4, 0.5) is 5.69 Å². The molecule has 5 nitrogen and oxygen atoms in total. The van der Waals surface area contributed by atoms with E-state index in [2.05, 4.69) is 50.4 Å². The number of hydrogen-bond acceptors (Lipinski definition) is 3. The summed E-state index contributed by atoms with van der Waals surface area (Å²) in [4.78, 5) is 29.8. The predicted molar refractivity (Wildman–Crippen MR) is 150 cm³/mol. The van der Waals surface area contributed by atoms with Crippen molar-refractivity contribution >= 4 is 17.5 Å². The Morgan fingerprint density at radius 3 is 2.38 bits per heavy atom. The van der Waals surface area contributed by atoms with Crippen molar-refractivity contribution in [2.24, 2.45) is 11.8 Å². The van der Waals surface area contributed by atoms with E-state index in [0.717, 1.165) is 47.4 Å². The van der Waals surface area contributed by atoms with Crippen molar-refractivity contribution in [3.8, 4) is 0 Å². The summed E-state index contributed by atoms with van der Waals surface area (Å²) < 4.78 is 5.41. The van der Waals surface area contributed by atoms with Gasteiger partial charge in [0.1, 0.15) is 5.76 Å². The summed E-state index contributed by atoms with van der Waals surface area (Å²) in [5, 5.41) is 3.19. The van der Waals surface area contributed by atoms with Gasteiger partial charge in [-0.25, -0.2) is 0 Å². The van der Waals surface area contributed by atoms with Gasteiger partial charge in [0.25, 0.3) is 5.91 Å². The number of benzene rings is 2. The van der Waals surface area contributed by atoms with Crippen molar-refractivity contribution in [1.29, 1.82) is 0 Å². The molecule has 1 N–H and O–H groups in total. The third-order valence-electron chi connectivity index (χ3n) is 7.75. The highest BCUT2D eigenvalue weighted by Crippen LogP contribution is 2.36. The molecule has 0 spiro atoms. The quantitative estimate of drug-likeness (QED) is 0.505. The number of anilines is 1. The highest BCUT2D eigenvalue weighted by Gasteiger charge is 2.43. The van der Waals surface area contributed by atoms with Crippen LogP contribution in [0.2, 0.25) is 0 Å². The molecule has 0 aromatic heterocycles. The zero-order valence-corrected chi connectivity index (χ0v) is 23.0. The average Bonchev–Trinajstić information content (AvgIpc) is 2.87. The van der Waals surface area contributed by atoms with Crippen molar-refractivity contribution in [3.05, 3.63) is 88.7 Å². The third kappa shape index (κ3) is 5.82. The maximum absolute atomic E-state index is 14.0. The number of amides is 2. The normalized spacial score (nSPS) is 21.8. The average molecular weight is 501 g/mol. The van der Waals surface area contributed by atoms with E-state index in [0.29, 0.717) is 6.54 Å². The van der Waals surface area contributed by atoms with E-state index in [9.17, 15) is 9.59 Å². The highest BCUT2D eigenvalue weighted by atomic mass is 16.5. The molecule has 2 unspecified atom stereocenters. The Hall–Kier alpha value is -3.34. The van der Waals surface area contributed by atoms with E-state index in [1.807, 2.05) is 55.2 Å². The van der Waals surface area contributed by atoms with Gasteiger partial charge in [-0.2, -0.15) is 0 Å². The van der Waals surface area contributed by atoms with Crippen LogP contribution in [0.1, 0.15) is 67.1 Å². The molecular formula is C32H40N2O3. The molecule has 37 heavy (non-hydrogen) atoms. The Balaban J connectivity index is 1.67. The fourth-order valence-electron chi connectivity index (χ4n) is 5.69. The van der Waals surface area contributed by atoms with Crippen LogP contribution in [-0.2, 0) is 14.9 Å². The lowest BCUT2D eigenvalue weighted by Gasteiger charge is -2.44. The Labute approximate surface area is 221 Å². The lowest BCUT2D eigenvalue weighted by molar-refractivity contribution is -0.123. The molecule has 1 heterocycles. The van der Waals surface area contributed by atoms with Gasteiger partial charge in [0.05, 0.1) is 19.1 Å². The van der Waals surface area contributed by atoms with Gasteiger partial charge >= 0.3 is 0 Å². The lowest BCUT2D eigenvalue weighted by atomic mass is 9.77. The fourth-order valence-corrected chi connectivity index (χ4v) is 5.69. The highest BCUT2D eigenvalue weighted by molar-refractivity contribution is 5.99. The molecule has 3 atom stereocenters. The second-order valence-electron chi connectivity index (χ2n) is 11.4. The molecule has 2 aromatic carbocycles. The largest absolute Gasteiger partial charge is 0.497 e. The summed E-state index contributed by atoms with van der Waals surface area (Å²) in [6.45, 7) is 11.1. The molecule has 196 valence electrons. The van der Waals surface area contributed by atoms with Crippen LogP contribution in [0.3, 0.4) is 0 Å². The molecule has 5 heteroatoms. The first-order valence-corrected chi connectivity index (χ1v) is 13.3. The first-order valence-electron chi connectivity index (χ1n) is 13.3. The fraction of sp³-hybridized carbons (Fsp3) is 0.438. The van der Waals surface area contributed by atoms with Crippen molar-refractivity contribution < 1.29 is 14.3 Å². The van der Waals surface area contributed by atoms with Crippen LogP contribution in [0.15, 0.2) is 66.5 Å². The number of allylic oxidation sites excluding steroid dienone is 2. The van der Waals surface area contributed by atoms with Gasteiger partial charge in [-0.05, 0) is 79.5 Å². The molecule has 1 fully saturated rings. The van der Waals surface area contributed by atoms with Crippen LogP contribution < -0.4 is 5.32 Å². The lowest BCUT2D eigenvalue weighted by Crippen LogP contribution is -2.55. The van der Waals surface area contributed by atoms with Crippen LogP contribution in [-0.4, -0.2) is 36.4 Å². The molecule has 2 aromatic rings. The first-order chi connectivity index (χ1) is 17.6. The summed E-state index contributed by atoms with van der Waals surface area (Å²) in [5.41, 5.74) is 4.64. The van der Waals surface area contributed by atoms with Crippen molar-refractivity contribution in [2.75, 3.05) is 19.0 Å². The zero-order valence-electron chi connectivity index (χ0n) is 23.0. The van der Waals surface area contributed by atoms with Gasteiger partial charge in [-0.3, -0.25) is 9.59 Å². The Morgan fingerprint density at radius 2 is 1.76 bits per heavy atom. The molecule has 1 saturated heterocycles. The second-order valence-corrected chi connectivity index (χ2v) is 11.4. The monoisotopic (exact) mass is 500 g/mol. The molecule has 0 radical (unpaired) electrons. The molecule has 0 saturated carbocycles. The number of nitrogens with zero attached hydrogens (tertiary/aromatic N) is 1. The maximum Gasteiger partial charge on any atom is 0.254 e. The van der Waals surface area contributed by atoms with Crippen molar-refractivity contribution in [3.63, 3.8) is 0 Å². The summed E-state index contributed by atoms with van der Waals surface area (Å²) >= 11 is 0. The second kappa shape index (κ2) is 11.0. The van der Waals surface area contributed by atoms with Gasteiger partial charge in [0.2, 0.25) is 5.91 Å². The van der Waals surface area contributed by atoms with Crippen molar-refractivity contribution in [2.45, 2.75) is 65.3 Å². The van der Waals surface area contributed by atoms with E-state index >= 15 is 0 Å². The van der Waals surface area contributed by atoms with E-state index < -0.39 is 0 Å². The number of ether oxygens (including phenoxy) is 1. The number of carbonyl (C=O) groups excluding carboxylic acids is 2. The SMILES string of the molecule is COC1=CCC([C@H]2C(C(=O)Nc3cccc(C(C)(C)C)c3)CCCN2C(=O)c2c(C)cccc2C)C=C1. The van der Waals surface area contributed by atoms with Crippen LogP contribution in [0, 0.1) is 25.7 Å². The zero-order chi connectivity index (χ0) is 26.7. The number of piperidine rings is 1. The Kier molecular flexibility index (Phi) is 7.91. The smallest absolute Gasteiger partial charge is 0.254 e. The molecule has 2 amide bonds. The molecule has 2 aliphatic rings. The summed E-state index contributed by atoms with van der Waals surface area (Å²) in [5.74, 6) is 0.531. The number of hydrogen-bond donors (Lipinski definition) is 1. The number of methoxy groups -OCH3 is 1. The minimum atomic E-state index is -0.313. The van der Waals surface area contributed by atoms with Crippen LogP contribution in [0.5, 0.6) is 0 Å². The maximum atomic E-state index is 14.0. The van der Waals surface area contributed by atoms with E-state index in [1.165, 1.54) is 5.56 Å². The van der Waals surface area contributed by atoms with Gasteiger partial charge in [-0.1, -0.05) is 57.2 Å². The Morgan fingerprint density at radius 1 is 1.05 bits per heavy atom. The topological polar surface area (TPSA) is 58.6 Å². The van der Waals surface area contributed by atoms with E-state index in [4.69, 9.17) is 4.74 Å². The molecular weight excluding hydrogens is 460 g/mol. The number of likely N-dealkylation sites (tertiary alicyclic amines) is 1. The standard InChI is InChI=1S/C32H40N2O3/c1-21-10-7-11-22(2)28(21)31(36)34-19-9-14-27(29(34)23-15-17-26(37-6)18-16-23)30(35)33-25-13-8-12-24(20-25)32(3,4)5/h7-8,10-13,15,17-18,20,23,27,29H,9,14,16,19H2,1-6H3,(H,33,35)/t23?,27?,29-/m0/s1. The number of carbonyl (C=O) groups is 2. The van der Waals surface area contributed by atoms with Crippen molar-refractivity contribution in [1.82, 2.24) is 4.90 Å². The van der Waals surface area contributed by atoms with Crippen LogP contribution in [0.25, 0.3) is 0 Å². The third-order valence-corrected chi connectivity index (χ3v) is 7.75. The molecule has 4 rings (SSSR count). The number of nitrogens with one attached hydrogen (secondary N) is 1. The van der Waals surface area contributed by atoms with Crippen LogP contribution >= 0.6 is 0 Å². The van der Waals surface area contributed by atoms with Gasteiger partial charge < -0.3 is 15.0 Å². The number of aryl methyl sites for hydroxylation is 2. The molecule has 0 bridgehead atoms. The van der Waals surface area contributed by atoms with Gasteiger partial charge in [0.15, 0.2) is 0 Å². The van der Waals surface area contributed by atoms with E-state index in [1.54, 1.807) is 7.11 Å². The summed E-state index contributed by atoms with van der Waals surface area (Å²) in [6, 6.07) is 13.8. The minimum Gasteiger partial charge on any atom is -0.497 e. The predicted octanol–water partition coefficient (Wildman–Crippen LogP) is 6.57. The summed E-state index contributed by atoms with van der Waals surface area (Å²) in [7, 11) is 1.66. The van der Waals surface area contributed by atoms with Gasteiger partial charge in [0, 0.05) is 23.7 Å².